The fraction of sp³-hybridized carbons (Fsp3) is 0.500. The van der Waals surface area contributed by atoms with Crippen LogP contribution in [0, 0.1) is 0 Å². The van der Waals surface area contributed by atoms with E-state index >= 15 is 0 Å². The Morgan fingerprint density at radius 1 is 1.03 bits per heavy atom. The average Bonchev–Trinajstić information content (AvgIpc) is 3.27. The zero-order valence-electron chi connectivity index (χ0n) is 21.0. The van der Waals surface area contributed by atoms with Crippen molar-refractivity contribution in [2.45, 2.75) is 43.9 Å². The highest BCUT2D eigenvalue weighted by Gasteiger charge is 2.45. The number of benzene rings is 2. The van der Waals surface area contributed by atoms with Gasteiger partial charge in [0, 0.05) is 75.0 Å². The van der Waals surface area contributed by atoms with Crippen molar-refractivity contribution in [3.05, 3.63) is 65.2 Å². The van der Waals surface area contributed by atoms with Crippen LogP contribution >= 0.6 is 11.6 Å². The SMILES string of the molecule is CN1C(CCC(=O)N2CCN(c3ccccc3)CC2)CNC(=O)C2C1CCN2Cc1cccc(Cl)c1. The molecule has 5 rings (SSSR count). The van der Waals surface area contributed by atoms with Gasteiger partial charge in [-0.3, -0.25) is 19.4 Å². The quantitative estimate of drug-likeness (QED) is 0.649. The number of rotatable bonds is 6. The number of carbonyl (C=O) groups excluding carboxylic acids is 2. The summed E-state index contributed by atoms with van der Waals surface area (Å²) in [6, 6.07) is 18.4. The molecule has 3 fully saturated rings. The molecule has 8 heteroatoms. The molecule has 0 spiro atoms. The Labute approximate surface area is 219 Å². The van der Waals surface area contributed by atoms with Crippen molar-refractivity contribution in [3.63, 3.8) is 0 Å². The summed E-state index contributed by atoms with van der Waals surface area (Å²) < 4.78 is 0. The molecule has 1 N–H and O–H groups in total. The summed E-state index contributed by atoms with van der Waals surface area (Å²) in [7, 11) is 2.12. The third-order valence-electron chi connectivity index (χ3n) is 8.07. The summed E-state index contributed by atoms with van der Waals surface area (Å²) in [6.07, 6.45) is 2.22. The van der Waals surface area contributed by atoms with Gasteiger partial charge in [0.25, 0.3) is 0 Å². The zero-order chi connectivity index (χ0) is 25.1. The molecule has 3 aliphatic heterocycles. The van der Waals surface area contributed by atoms with E-state index in [-0.39, 0.29) is 29.9 Å². The second-order valence-electron chi connectivity index (χ2n) is 10.2. The maximum absolute atomic E-state index is 13.1. The monoisotopic (exact) mass is 509 g/mol. The Hall–Kier alpha value is -2.61. The number of hydrogen-bond acceptors (Lipinski definition) is 5. The van der Waals surface area contributed by atoms with E-state index in [2.05, 4.69) is 57.4 Å². The third-order valence-corrected chi connectivity index (χ3v) is 8.30. The van der Waals surface area contributed by atoms with Crippen LogP contribution in [0.5, 0.6) is 0 Å². The standard InChI is InChI=1S/C28H36ClN5O2/c1-31-24(10-11-26(35)33-16-14-32(15-17-33)23-8-3-2-4-9-23)19-30-28(36)27-25(31)12-13-34(27)20-21-6-5-7-22(29)18-21/h2-9,18,24-25,27H,10-17,19-20H2,1H3,(H,30,36). The predicted molar refractivity (Wildman–Crippen MR) is 143 cm³/mol. The van der Waals surface area contributed by atoms with Gasteiger partial charge < -0.3 is 15.1 Å². The zero-order valence-corrected chi connectivity index (χ0v) is 21.7. The summed E-state index contributed by atoms with van der Waals surface area (Å²) in [5.41, 5.74) is 2.34. The summed E-state index contributed by atoms with van der Waals surface area (Å²) >= 11 is 6.18. The normalized spacial score (nSPS) is 25.4. The Kier molecular flexibility index (Phi) is 7.79. The van der Waals surface area contributed by atoms with E-state index in [0.717, 1.165) is 56.2 Å². The van der Waals surface area contributed by atoms with Crippen LogP contribution in [0.4, 0.5) is 5.69 Å². The van der Waals surface area contributed by atoms with Crippen molar-refractivity contribution in [2.75, 3.05) is 51.2 Å². The molecule has 192 valence electrons. The van der Waals surface area contributed by atoms with E-state index in [1.165, 1.54) is 5.69 Å². The van der Waals surface area contributed by atoms with E-state index in [1.807, 2.05) is 29.2 Å². The van der Waals surface area contributed by atoms with E-state index in [1.54, 1.807) is 0 Å². The van der Waals surface area contributed by atoms with Gasteiger partial charge in [-0.2, -0.15) is 0 Å². The fourth-order valence-electron chi connectivity index (χ4n) is 6.00. The maximum Gasteiger partial charge on any atom is 0.239 e. The molecule has 0 radical (unpaired) electrons. The van der Waals surface area contributed by atoms with E-state index in [0.29, 0.717) is 19.5 Å². The van der Waals surface area contributed by atoms with Gasteiger partial charge in [0.05, 0.1) is 0 Å². The Morgan fingerprint density at radius 2 is 1.81 bits per heavy atom. The van der Waals surface area contributed by atoms with Crippen LogP contribution < -0.4 is 10.2 Å². The van der Waals surface area contributed by atoms with Crippen LogP contribution in [-0.4, -0.2) is 91.0 Å². The van der Waals surface area contributed by atoms with Gasteiger partial charge in [-0.05, 0) is 49.7 Å². The number of nitrogens with zero attached hydrogens (tertiary/aromatic N) is 4. The Bertz CT molecular complexity index is 1060. The lowest BCUT2D eigenvalue weighted by atomic mass is 10.0. The molecule has 3 atom stereocenters. The molecule has 0 aromatic heterocycles. The summed E-state index contributed by atoms with van der Waals surface area (Å²) in [6.45, 7) is 5.41. The van der Waals surface area contributed by atoms with E-state index in [9.17, 15) is 9.59 Å². The first-order valence-electron chi connectivity index (χ1n) is 13.1. The summed E-state index contributed by atoms with van der Waals surface area (Å²) in [4.78, 5) is 35.1. The molecule has 2 aromatic carbocycles. The molecule has 3 heterocycles. The van der Waals surface area contributed by atoms with Gasteiger partial charge in [0.1, 0.15) is 6.04 Å². The number of fused-ring (bicyclic) bond motifs is 1. The number of piperazine rings is 1. The minimum atomic E-state index is -0.180. The van der Waals surface area contributed by atoms with Gasteiger partial charge in [-0.25, -0.2) is 0 Å². The van der Waals surface area contributed by atoms with Crippen LogP contribution in [0.1, 0.15) is 24.8 Å². The molecule has 3 saturated heterocycles. The smallest absolute Gasteiger partial charge is 0.239 e. The van der Waals surface area contributed by atoms with Gasteiger partial charge in [0.2, 0.25) is 11.8 Å². The lowest BCUT2D eigenvalue weighted by Gasteiger charge is -2.37. The highest BCUT2D eigenvalue weighted by molar-refractivity contribution is 6.30. The molecule has 3 unspecified atom stereocenters. The molecule has 36 heavy (non-hydrogen) atoms. The van der Waals surface area contributed by atoms with Crippen LogP contribution in [0.15, 0.2) is 54.6 Å². The Balaban J connectivity index is 1.14. The Morgan fingerprint density at radius 3 is 2.56 bits per heavy atom. The first-order valence-corrected chi connectivity index (χ1v) is 13.4. The first kappa shape index (κ1) is 25.1. The molecule has 2 aromatic rings. The minimum Gasteiger partial charge on any atom is -0.368 e. The number of hydrogen-bond donors (Lipinski definition) is 1. The van der Waals surface area contributed by atoms with Crippen LogP contribution in [-0.2, 0) is 16.1 Å². The van der Waals surface area contributed by atoms with Gasteiger partial charge in [-0.1, -0.05) is 41.9 Å². The number of likely N-dealkylation sites (tertiary alicyclic amines) is 1. The van der Waals surface area contributed by atoms with Crippen LogP contribution in [0.25, 0.3) is 0 Å². The third kappa shape index (κ3) is 5.53. The average molecular weight is 510 g/mol. The number of anilines is 1. The molecule has 7 nitrogen and oxygen atoms in total. The van der Waals surface area contributed by atoms with Gasteiger partial charge in [-0.15, -0.1) is 0 Å². The van der Waals surface area contributed by atoms with Gasteiger partial charge in [0.15, 0.2) is 0 Å². The number of nitrogens with one attached hydrogen (secondary N) is 1. The molecule has 0 bridgehead atoms. The van der Waals surface area contributed by atoms with E-state index < -0.39 is 0 Å². The first-order chi connectivity index (χ1) is 17.5. The van der Waals surface area contributed by atoms with Crippen LogP contribution in [0.2, 0.25) is 5.02 Å². The highest BCUT2D eigenvalue weighted by Crippen LogP contribution is 2.29. The molecule has 0 aliphatic carbocycles. The van der Waals surface area contributed by atoms with Crippen molar-refractivity contribution >= 4 is 29.1 Å². The van der Waals surface area contributed by atoms with Crippen molar-refractivity contribution in [2.24, 2.45) is 0 Å². The summed E-state index contributed by atoms with van der Waals surface area (Å²) in [5.74, 6) is 0.314. The molecule has 2 amide bonds. The maximum atomic E-state index is 13.1. The van der Waals surface area contributed by atoms with Crippen molar-refractivity contribution in [1.82, 2.24) is 20.0 Å². The number of likely N-dealkylation sites (N-methyl/N-ethyl adjacent to an activating group) is 1. The van der Waals surface area contributed by atoms with Gasteiger partial charge >= 0.3 is 0 Å². The lowest BCUT2D eigenvalue weighted by molar-refractivity contribution is -0.132. The van der Waals surface area contributed by atoms with Crippen LogP contribution in [0.3, 0.4) is 0 Å². The van der Waals surface area contributed by atoms with Crippen molar-refractivity contribution < 1.29 is 9.59 Å². The van der Waals surface area contributed by atoms with E-state index in [4.69, 9.17) is 11.6 Å². The highest BCUT2D eigenvalue weighted by atomic mass is 35.5. The summed E-state index contributed by atoms with van der Waals surface area (Å²) in [5, 5.41) is 3.89. The largest absolute Gasteiger partial charge is 0.368 e. The molecular formula is C28H36ClN5O2. The van der Waals surface area contributed by atoms with Crippen molar-refractivity contribution in [1.29, 1.82) is 0 Å². The fourth-order valence-corrected chi connectivity index (χ4v) is 6.21. The molecular weight excluding hydrogens is 474 g/mol. The second kappa shape index (κ2) is 11.2. The minimum absolute atomic E-state index is 0.0947. The second-order valence-corrected chi connectivity index (χ2v) is 10.6. The number of para-hydroxylation sites is 1. The van der Waals surface area contributed by atoms with Crippen molar-refractivity contribution in [3.8, 4) is 0 Å². The number of halogens is 1. The number of carbonyl (C=O) groups is 2. The lowest BCUT2D eigenvalue weighted by Crippen LogP contribution is -2.50. The molecule has 0 saturated carbocycles. The predicted octanol–water partition coefficient (Wildman–Crippen LogP) is 2.84. The molecule has 3 aliphatic rings. The topological polar surface area (TPSA) is 59.1 Å². The number of amides is 2.